The van der Waals surface area contributed by atoms with Crippen molar-refractivity contribution in [3.8, 4) is 0 Å². The third kappa shape index (κ3) is 4.29. The molecule has 0 saturated carbocycles. The molecule has 0 amide bonds. The van der Waals surface area contributed by atoms with E-state index < -0.39 is 12.2 Å². The maximum Gasteiger partial charge on any atom is 0.185 e. The fourth-order valence-electron chi connectivity index (χ4n) is 1.51. The average Bonchev–Trinajstić information content (AvgIpc) is 2.27. The Kier molecular flexibility index (Phi) is 5.58. The highest BCUT2D eigenvalue weighted by Gasteiger charge is 2.21. The molecule has 0 radical (unpaired) electrons. The standard InChI is InChI=1S/C12H18N2O3S/c1-7-5-9(13)11(14-6-7)12(17)10(16)3-4-18-8(2)15/h5-6,10,12,16-17H,3-4,13H2,1-2H3. The molecule has 0 aliphatic rings. The molecule has 0 bridgehead atoms. The van der Waals surface area contributed by atoms with E-state index in [1.807, 2.05) is 6.92 Å². The monoisotopic (exact) mass is 270 g/mol. The van der Waals surface area contributed by atoms with Crippen molar-refractivity contribution < 1.29 is 15.0 Å². The third-order valence-electron chi connectivity index (χ3n) is 2.45. The van der Waals surface area contributed by atoms with Crippen LogP contribution in [0.5, 0.6) is 0 Å². The molecule has 1 rings (SSSR count). The average molecular weight is 270 g/mol. The molecule has 5 nitrogen and oxygen atoms in total. The molecule has 0 aliphatic heterocycles. The molecular weight excluding hydrogens is 252 g/mol. The smallest absolute Gasteiger partial charge is 0.185 e. The van der Waals surface area contributed by atoms with Gasteiger partial charge in [0.1, 0.15) is 6.10 Å². The Balaban J connectivity index is 2.62. The van der Waals surface area contributed by atoms with E-state index in [4.69, 9.17) is 5.73 Å². The second-order valence-electron chi connectivity index (χ2n) is 4.13. The van der Waals surface area contributed by atoms with E-state index in [2.05, 4.69) is 4.98 Å². The van der Waals surface area contributed by atoms with Gasteiger partial charge in [-0.3, -0.25) is 9.78 Å². The van der Waals surface area contributed by atoms with Crippen LogP contribution in [0.15, 0.2) is 12.3 Å². The SMILES string of the molecule is CC(=O)SCCC(O)C(O)c1ncc(C)cc1N. The Hall–Kier alpha value is -1.11. The molecule has 2 unspecified atom stereocenters. The maximum atomic E-state index is 10.7. The second-order valence-corrected chi connectivity index (χ2v) is 5.40. The summed E-state index contributed by atoms with van der Waals surface area (Å²) in [6, 6.07) is 1.70. The zero-order valence-electron chi connectivity index (χ0n) is 10.5. The van der Waals surface area contributed by atoms with Crippen LogP contribution in [0.3, 0.4) is 0 Å². The Morgan fingerprint density at radius 2 is 2.22 bits per heavy atom. The number of aromatic nitrogens is 1. The lowest BCUT2D eigenvalue weighted by Gasteiger charge is -2.18. The lowest BCUT2D eigenvalue weighted by molar-refractivity contribution is -0.109. The van der Waals surface area contributed by atoms with Gasteiger partial charge in [-0.05, 0) is 25.0 Å². The van der Waals surface area contributed by atoms with E-state index in [-0.39, 0.29) is 10.8 Å². The minimum absolute atomic E-state index is 0.00957. The number of nitrogens with two attached hydrogens (primary N) is 1. The summed E-state index contributed by atoms with van der Waals surface area (Å²) < 4.78 is 0. The van der Waals surface area contributed by atoms with Crippen molar-refractivity contribution >= 4 is 22.6 Å². The number of nitrogens with zero attached hydrogens (tertiary/aromatic N) is 1. The van der Waals surface area contributed by atoms with Gasteiger partial charge in [0.2, 0.25) is 0 Å². The number of aliphatic hydroxyl groups is 2. The van der Waals surface area contributed by atoms with Crippen molar-refractivity contribution in [2.45, 2.75) is 32.5 Å². The molecule has 1 aromatic heterocycles. The van der Waals surface area contributed by atoms with Gasteiger partial charge in [-0.15, -0.1) is 0 Å². The van der Waals surface area contributed by atoms with Crippen LogP contribution in [0, 0.1) is 6.92 Å². The number of carbonyl (C=O) groups is 1. The minimum atomic E-state index is -1.13. The highest BCUT2D eigenvalue weighted by molar-refractivity contribution is 8.13. The Labute approximate surface area is 110 Å². The molecule has 100 valence electrons. The van der Waals surface area contributed by atoms with Gasteiger partial charge < -0.3 is 15.9 Å². The van der Waals surface area contributed by atoms with Crippen LogP contribution in [0.25, 0.3) is 0 Å². The number of carbonyl (C=O) groups excluding carboxylic acids is 1. The Morgan fingerprint density at radius 3 is 2.78 bits per heavy atom. The lowest BCUT2D eigenvalue weighted by atomic mass is 10.1. The summed E-state index contributed by atoms with van der Waals surface area (Å²) in [5.41, 5.74) is 7.28. The number of pyridine rings is 1. The van der Waals surface area contributed by atoms with Crippen LogP contribution in [-0.4, -0.2) is 32.2 Å². The Morgan fingerprint density at radius 1 is 1.56 bits per heavy atom. The van der Waals surface area contributed by atoms with Crippen LogP contribution in [0.4, 0.5) is 5.69 Å². The fourth-order valence-corrected chi connectivity index (χ4v) is 2.16. The summed E-state index contributed by atoms with van der Waals surface area (Å²) in [4.78, 5) is 14.8. The zero-order chi connectivity index (χ0) is 13.7. The molecular formula is C12H18N2O3S. The van der Waals surface area contributed by atoms with Crippen molar-refractivity contribution in [2.75, 3.05) is 11.5 Å². The van der Waals surface area contributed by atoms with Crippen LogP contribution in [0.2, 0.25) is 0 Å². The molecule has 18 heavy (non-hydrogen) atoms. The molecule has 0 saturated heterocycles. The first-order valence-electron chi connectivity index (χ1n) is 5.63. The number of hydrogen-bond donors (Lipinski definition) is 3. The number of aliphatic hydroxyl groups excluding tert-OH is 2. The van der Waals surface area contributed by atoms with Gasteiger partial charge in [-0.2, -0.15) is 0 Å². The molecule has 0 spiro atoms. The molecule has 0 aliphatic carbocycles. The van der Waals surface area contributed by atoms with Crippen molar-refractivity contribution in [3.05, 3.63) is 23.5 Å². The number of rotatable bonds is 5. The van der Waals surface area contributed by atoms with E-state index in [0.717, 1.165) is 17.3 Å². The summed E-state index contributed by atoms with van der Waals surface area (Å²) in [6.45, 7) is 3.31. The van der Waals surface area contributed by atoms with Gasteiger partial charge in [-0.25, -0.2) is 0 Å². The van der Waals surface area contributed by atoms with Gasteiger partial charge in [0, 0.05) is 18.9 Å². The van der Waals surface area contributed by atoms with Crippen LogP contribution >= 0.6 is 11.8 Å². The number of thioether (sulfide) groups is 1. The second kappa shape index (κ2) is 6.72. The van der Waals surface area contributed by atoms with Crippen LogP contribution in [0.1, 0.15) is 30.7 Å². The molecule has 2 atom stereocenters. The molecule has 0 aromatic carbocycles. The fraction of sp³-hybridized carbons (Fsp3) is 0.500. The van der Waals surface area contributed by atoms with E-state index in [1.54, 1.807) is 12.3 Å². The molecule has 0 fully saturated rings. The predicted molar refractivity (Wildman–Crippen MR) is 72.1 cm³/mol. The summed E-state index contributed by atoms with van der Waals surface area (Å²) in [7, 11) is 0. The van der Waals surface area contributed by atoms with Gasteiger partial charge in [0.15, 0.2) is 5.12 Å². The molecule has 4 N–H and O–H groups in total. The van der Waals surface area contributed by atoms with Crippen molar-refractivity contribution in [1.82, 2.24) is 4.98 Å². The van der Waals surface area contributed by atoms with E-state index in [9.17, 15) is 15.0 Å². The van der Waals surface area contributed by atoms with E-state index in [0.29, 0.717) is 17.9 Å². The Bertz CT molecular complexity index is 426. The van der Waals surface area contributed by atoms with Crippen LogP contribution in [-0.2, 0) is 4.79 Å². The molecule has 6 heteroatoms. The summed E-state index contributed by atoms with van der Waals surface area (Å²) in [6.07, 6.45) is -0.209. The quantitative estimate of drug-likeness (QED) is 0.739. The van der Waals surface area contributed by atoms with E-state index >= 15 is 0 Å². The van der Waals surface area contributed by atoms with Gasteiger partial charge in [0.05, 0.1) is 17.5 Å². The lowest BCUT2D eigenvalue weighted by Crippen LogP contribution is -2.21. The van der Waals surface area contributed by atoms with Crippen molar-refractivity contribution in [3.63, 3.8) is 0 Å². The van der Waals surface area contributed by atoms with Crippen molar-refractivity contribution in [1.29, 1.82) is 0 Å². The molecule has 1 aromatic rings. The van der Waals surface area contributed by atoms with Gasteiger partial charge >= 0.3 is 0 Å². The number of nitrogen functional groups attached to an aromatic ring is 1. The summed E-state index contributed by atoms with van der Waals surface area (Å²) in [5.74, 6) is 0.458. The minimum Gasteiger partial charge on any atom is -0.397 e. The molecule has 1 heterocycles. The number of anilines is 1. The topological polar surface area (TPSA) is 96.4 Å². The highest BCUT2D eigenvalue weighted by Crippen LogP contribution is 2.24. The number of aryl methyl sites for hydroxylation is 1. The van der Waals surface area contributed by atoms with Crippen LogP contribution < -0.4 is 5.73 Å². The first kappa shape index (κ1) is 14.9. The first-order chi connectivity index (χ1) is 8.41. The summed E-state index contributed by atoms with van der Waals surface area (Å²) in [5, 5.41) is 19.7. The maximum absolute atomic E-state index is 10.7. The van der Waals surface area contributed by atoms with Gasteiger partial charge in [0.25, 0.3) is 0 Å². The predicted octanol–water partition coefficient (Wildman–Crippen LogP) is 1.04. The first-order valence-corrected chi connectivity index (χ1v) is 6.62. The highest BCUT2D eigenvalue weighted by atomic mass is 32.2. The van der Waals surface area contributed by atoms with E-state index in [1.165, 1.54) is 6.92 Å². The largest absolute Gasteiger partial charge is 0.397 e. The van der Waals surface area contributed by atoms with Gasteiger partial charge in [-0.1, -0.05) is 11.8 Å². The summed E-state index contributed by atoms with van der Waals surface area (Å²) >= 11 is 1.12. The van der Waals surface area contributed by atoms with Crippen molar-refractivity contribution in [2.24, 2.45) is 0 Å². The normalized spacial score (nSPS) is 14.2. The zero-order valence-corrected chi connectivity index (χ0v) is 11.3. The third-order valence-corrected chi connectivity index (χ3v) is 3.30. The number of hydrogen-bond acceptors (Lipinski definition) is 6.